The van der Waals surface area contributed by atoms with Crippen molar-refractivity contribution < 1.29 is 14.0 Å². The van der Waals surface area contributed by atoms with E-state index in [4.69, 9.17) is 4.42 Å². The number of aromatic nitrogens is 1. The molecule has 2 aromatic rings. The predicted molar refractivity (Wildman–Crippen MR) is 97.6 cm³/mol. The molecule has 0 fully saturated rings. The van der Waals surface area contributed by atoms with Gasteiger partial charge >= 0.3 is 6.03 Å². The van der Waals surface area contributed by atoms with E-state index in [1.165, 1.54) is 0 Å². The Hall–Kier alpha value is -2.57. The lowest BCUT2D eigenvalue weighted by atomic mass is 9.97. The van der Waals surface area contributed by atoms with E-state index in [9.17, 15) is 9.59 Å². The summed E-state index contributed by atoms with van der Waals surface area (Å²) in [6, 6.07) is 5.03. The lowest BCUT2D eigenvalue weighted by Gasteiger charge is -2.11. The maximum Gasteiger partial charge on any atom is 0.319 e. The number of amides is 3. The molecule has 136 valence electrons. The van der Waals surface area contributed by atoms with Crippen LogP contribution in [0, 0.1) is 0 Å². The van der Waals surface area contributed by atoms with Gasteiger partial charge in [0.25, 0.3) is 0 Å². The molecule has 3 amide bonds. The molecule has 3 N–H and O–H groups in total. The zero-order valence-corrected chi connectivity index (χ0v) is 15.4. The fourth-order valence-electron chi connectivity index (χ4n) is 2.18. The topological polar surface area (TPSA) is 96.3 Å². The first-order valence-electron chi connectivity index (χ1n) is 8.40. The number of nitrogens with zero attached hydrogens (tertiary/aromatic N) is 1. The third-order valence-electron chi connectivity index (χ3n) is 3.37. The molecule has 7 heteroatoms. The van der Waals surface area contributed by atoms with Crippen molar-refractivity contribution in [3.63, 3.8) is 0 Å². The molecule has 0 aliphatic rings. The summed E-state index contributed by atoms with van der Waals surface area (Å²) in [5.41, 5.74) is 1.81. The van der Waals surface area contributed by atoms with Crippen LogP contribution in [0.15, 0.2) is 22.6 Å². The van der Waals surface area contributed by atoms with Gasteiger partial charge in [-0.15, -0.1) is 0 Å². The second-order valence-electron chi connectivity index (χ2n) is 7.30. The summed E-state index contributed by atoms with van der Waals surface area (Å²) in [5.74, 6) is 0.564. The van der Waals surface area contributed by atoms with E-state index in [0.717, 1.165) is 0 Å². The standard InChI is InChI=1S/C18H26N4O3/c1-11(2)20-15(23)8-9-19-17(24)21-12-6-7-14-13(10-12)22-16(25-14)18(3,4)5/h6-7,10-11H,8-9H2,1-5H3,(H,20,23)(H2,19,21,24). The summed E-state index contributed by atoms with van der Waals surface area (Å²) in [6.45, 7) is 10.1. The molecule has 0 radical (unpaired) electrons. The highest BCUT2D eigenvalue weighted by molar-refractivity contribution is 5.91. The van der Waals surface area contributed by atoms with Crippen LogP contribution in [0.4, 0.5) is 10.5 Å². The van der Waals surface area contributed by atoms with Gasteiger partial charge in [-0.2, -0.15) is 0 Å². The van der Waals surface area contributed by atoms with Crippen LogP contribution < -0.4 is 16.0 Å². The maximum absolute atomic E-state index is 11.9. The largest absolute Gasteiger partial charge is 0.440 e. The van der Waals surface area contributed by atoms with E-state index in [1.807, 2.05) is 34.6 Å². The van der Waals surface area contributed by atoms with Gasteiger partial charge in [-0.25, -0.2) is 9.78 Å². The average Bonchev–Trinajstić information content (AvgIpc) is 2.89. The SMILES string of the molecule is CC(C)NC(=O)CCNC(=O)Nc1ccc2oc(C(C)(C)C)nc2c1. The zero-order chi connectivity index (χ0) is 18.6. The minimum Gasteiger partial charge on any atom is -0.440 e. The van der Waals surface area contributed by atoms with Crippen molar-refractivity contribution >= 4 is 28.7 Å². The average molecular weight is 346 g/mol. The Morgan fingerprint density at radius 2 is 1.96 bits per heavy atom. The second kappa shape index (κ2) is 7.55. The Labute approximate surface area is 147 Å². The third kappa shape index (κ3) is 5.48. The van der Waals surface area contributed by atoms with Gasteiger partial charge in [0.05, 0.1) is 0 Å². The quantitative estimate of drug-likeness (QED) is 0.775. The monoisotopic (exact) mass is 346 g/mol. The summed E-state index contributed by atoms with van der Waals surface area (Å²) in [5, 5.41) is 8.16. The Morgan fingerprint density at radius 3 is 2.60 bits per heavy atom. The summed E-state index contributed by atoms with van der Waals surface area (Å²) in [4.78, 5) is 27.9. The maximum atomic E-state index is 11.9. The van der Waals surface area contributed by atoms with E-state index in [1.54, 1.807) is 18.2 Å². The van der Waals surface area contributed by atoms with Crippen LogP contribution in [0.1, 0.15) is 46.9 Å². The van der Waals surface area contributed by atoms with Crippen LogP contribution in [-0.2, 0) is 10.2 Å². The van der Waals surface area contributed by atoms with Crippen LogP contribution in [0.5, 0.6) is 0 Å². The Kier molecular flexibility index (Phi) is 5.66. The zero-order valence-electron chi connectivity index (χ0n) is 15.4. The summed E-state index contributed by atoms with van der Waals surface area (Å²) in [7, 11) is 0. The lowest BCUT2D eigenvalue weighted by molar-refractivity contribution is -0.121. The number of oxazole rings is 1. The van der Waals surface area contributed by atoms with Crippen LogP contribution in [0.2, 0.25) is 0 Å². The van der Waals surface area contributed by atoms with Gasteiger partial charge in [0.15, 0.2) is 5.58 Å². The molecule has 2 rings (SSSR count). The molecular formula is C18H26N4O3. The first-order chi connectivity index (χ1) is 11.6. The summed E-state index contributed by atoms with van der Waals surface area (Å²) < 4.78 is 5.73. The Balaban J connectivity index is 1.91. The highest BCUT2D eigenvalue weighted by atomic mass is 16.3. The minimum absolute atomic E-state index is 0.0889. The third-order valence-corrected chi connectivity index (χ3v) is 3.37. The normalized spacial score (nSPS) is 11.6. The van der Waals surface area contributed by atoms with Crippen molar-refractivity contribution in [2.45, 2.75) is 52.5 Å². The van der Waals surface area contributed by atoms with E-state index in [2.05, 4.69) is 20.9 Å². The molecule has 0 bridgehead atoms. The van der Waals surface area contributed by atoms with Crippen molar-refractivity contribution in [3.8, 4) is 0 Å². The van der Waals surface area contributed by atoms with Crippen LogP contribution in [-0.4, -0.2) is 29.5 Å². The molecule has 1 aromatic carbocycles. The van der Waals surface area contributed by atoms with Crippen LogP contribution in [0.25, 0.3) is 11.1 Å². The highest BCUT2D eigenvalue weighted by Crippen LogP contribution is 2.27. The molecular weight excluding hydrogens is 320 g/mol. The second-order valence-corrected chi connectivity index (χ2v) is 7.30. The number of rotatable bonds is 5. The van der Waals surface area contributed by atoms with Crippen molar-refractivity contribution in [1.82, 2.24) is 15.6 Å². The van der Waals surface area contributed by atoms with Crippen molar-refractivity contribution in [3.05, 3.63) is 24.1 Å². The van der Waals surface area contributed by atoms with Gasteiger partial charge in [0.1, 0.15) is 5.52 Å². The molecule has 0 unspecified atom stereocenters. The molecule has 25 heavy (non-hydrogen) atoms. The van der Waals surface area contributed by atoms with E-state index < -0.39 is 0 Å². The summed E-state index contributed by atoms with van der Waals surface area (Å²) in [6.07, 6.45) is 0.239. The van der Waals surface area contributed by atoms with Crippen LogP contribution >= 0.6 is 0 Å². The van der Waals surface area contributed by atoms with Gasteiger partial charge < -0.3 is 20.4 Å². The fraction of sp³-hybridized carbons (Fsp3) is 0.500. The molecule has 0 aliphatic heterocycles. The number of carbonyl (C=O) groups excluding carboxylic acids is 2. The number of urea groups is 1. The van der Waals surface area contributed by atoms with Gasteiger partial charge in [-0.05, 0) is 32.0 Å². The number of benzene rings is 1. The Bertz CT molecular complexity index is 759. The smallest absolute Gasteiger partial charge is 0.319 e. The number of anilines is 1. The van der Waals surface area contributed by atoms with E-state index in [-0.39, 0.29) is 36.4 Å². The van der Waals surface area contributed by atoms with E-state index in [0.29, 0.717) is 22.7 Å². The molecule has 1 aromatic heterocycles. The minimum atomic E-state index is -0.365. The number of fused-ring (bicyclic) bond motifs is 1. The fourth-order valence-corrected chi connectivity index (χ4v) is 2.18. The van der Waals surface area contributed by atoms with Crippen molar-refractivity contribution in [2.24, 2.45) is 0 Å². The van der Waals surface area contributed by atoms with E-state index >= 15 is 0 Å². The molecule has 0 aliphatic carbocycles. The molecule has 0 spiro atoms. The number of carbonyl (C=O) groups is 2. The molecule has 7 nitrogen and oxygen atoms in total. The van der Waals surface area contributed by atoms with Crippen LogP contribution in [0.3, 0.4) is 0 Å². The van der Waals surface area contributed by atoms with Crippen molar-refractivity contribution in [2.75, 3.05) is 11.9 Å². The van der Waals surface area contributed by atoms with Gasteiger partial charge in [-0.3, -0.25) is 4.79 Å². The number of hydrogen-bond donors (Lipinski definition) is 3. The molecule has 0 atom stereocenters. The number of nitrogens with one attached hydrogen (secondary N) is 3. The van der Waals surface area contributed by atoms with Crippen molar-refractivity contribution in [1.29, 1.82) is 0 Å². The van der Waals surface area contributed by atoms with Gasteiger partial charge in [0, 0.05) is 30.1 Å². The predicted octanol–water partition coefficient (Wildman–Crippen LogP) is 3.16. The van der Waals surface area contributed by atoms with Gasteiger partial charge in [-0.1, -0.05) is 20.8 Å². The Morgan fingerprint density at radius 1 is 1.24 bits per heavy atom. The number of hydrogen-bond acceptors (Lipinski definition) is 4. The lowest BCUT2D eigenvalue weighted by Crippen LogP contribution is -2.35. The molecule has 0 saturated carbocycles. The molecule has 1 heterocycles. The summed E-state index contributed by atoms with van der Waals surface area (Å²) >= 11 is 0. The first-order valence-corrected chi connectivity index (χ1v) is 8.40. The first kappa shape index (κ1) is 18.8. The highest BCUT2D eigenvalue weighted by Gasteiger charge is 2.21. The molecule has 0 saturated heterocycles. The van der Waals surface area contributed by atoms with Gasteiger partial charge in [0.2, 0.25) is 11.8 Å².